The summed E-state index contributed by atoms with van der Waals surface area (Å²) in [5, 5.41) is 8.97. The standard InChI is InChI=1S/C10H22O/c1-4-9(2)7-5-6-8-10(3)11/h9-11H,4-8H2,1-3H3. The normalized spacial score (nSPS) is 16.4. The lowest BCUT2D eigenvalue weighted by atomic mass is 10.0. The molecule has 0 saturated heterocycles. The van der Waals surface area contributed by atoms with Crippen molar-refractivity contribution in [1.29, 1.82) is 0 Å². The Kier molecular flexibility index (Phi) is 6.63. The van der Waals surface area contributed by atoms with Crippen molar-refractivity contribution in [1.82, 2.24) is 0 Å². The Morgan fingerprint density at radius 2 is 1.64 bits per heavy atom. The fourth-order valence-electron chi connectivity index (χ4n) is 1.14. The quantitative estimate of drug-likeness (QED) is 0.589. The molecule has 1 N–H and O–H groups in total. The molecule has 11 heavy (non-hydrogen) atoms. The summed E-state index contributed by atoms with van der Waals surface area (Å²) in [5.41, 5.74) is 0. The average molecular weight is 158 g/mol. The highest BCUT2D eigenvalue weighted by molar-refractivity contribution is 4.52. The number of aliphatic hydroxyl groups is 1. The largest absolute Gasteiger partial charge is 0.393 e. The molecular weight excluding hydrogens is 136 g/mol. The van der Waals surface area contributed by atoms with E-state index in [0.29, 0.717) is 0 Å². The minimum Gasteiger partial charge on any atom is -0.393 e. The van der Waals surface area contributed by atoms with Crippen LogP contribution in [-0.4, -0.2) is 11.2 Å². The Labute approximate surface area is 70.8 Å². The van der Waals surface area contributed by atoms with Crippen LogP contribution in [0.5, 0.6) is 0 Å². The summed E-state index contributed by atoms with van der Waals surface area (Å²) in [6.45, 7) is 6.39. The highest BCUT2D eigenvalue weighted by Crippen LogP contribution is 2.12. The average Bonchev–Trinajstić information content (AvgIpc) is 1.97. The molecule has 0 bridgehead atoms. The zero-order valence-electron chi connectivity index (χ0n) is 8.14. The molecular formula is C10H22O. The van der Waals surface area contributed by atoms with Crippen LogP contribution in [0.4, 0.5) is 0 Å². The molecule has 0 aliphatic carbocycles. The maximum absolute atomic E-state index is 8.97. The Morgan fingerprint density at radius 3 is 2.09 bits per heavy atom. The van der Waals surface area contributed by atoms with E-state index in [1.165, 1.54) is 25.7 Å². The second kappa shape index (κ2) is 6.66. The van der Waals surface area contributed by atoms with E-state index in [4.69, 9.17) is 5.11 Å². The molecule has 0 fully saturated rings. The maximum atomic E-state index is 8.97. The van der Waals surface area contributed by atoms with E-state index in [1.807, 2.05) is 6.92 Å². The lowest BCUT2D eigenvalue weighted by molar-refractivity contribution is 0.179. The number of aliphatic hydroxyl groups excluding tert-OH is 1. The molecule has 0 heterocycles. The van der Waals surface area contributed by atoms with E-state index in [2.05, 4.69) is 13.8 Å². The van der Waals surface area contributed by atoms with Crippen LogP contribution >= 0.6 is 0 Å². The molecule has 68 valence electrons. The highest BCUT2D eigenvalue weighted by atomic mass is 16.3. The summed E-state index contributed by atoms with van der Waals surface area (Å²) in [4.78, 5) is 0. The Hall–Kier alpha value is -0.0400. The summed E-state index contributed by atoms with van der Waals surface area (Å²) in [7, 11) is 0. The zero-order valence-corrected chi connectivity index (χ0v) is 8.14. The van der Waals surface area contributed by atoms with Crippen LogP contribution in [0.3, 0.4) is 0 Å². The first-order valence-corrected chi connectivity index (χ1v) is 4.84. The van der Waals surface area contributed by atoms with Crippen molar-refractivity contribution in [3.8, 4) is 0 Å². The van der Waals surface area contributed by atoms with Crippen molar-refractivity contribution in [3.05, 3.63) is 0 Å². The van der Waals surface area contributed by atoms with Crippen molar-refractivity contribution >= 4 is 0 Å². The lowest BCUT2D eigenvalue weighted by Crippen LogP contribution is -1.99. The first-order chi connectivity index (χ1) is 5.16. The van der Waals surface area contributed by atoms with Gasteiger partial charge in [0.15, 0.2) is 0 Å². The second-order valence-corrected chi connectivity index (χ2v) is 3.65. The maximum Gasteiger partial charge on any atom is 0.0512 e. The Morgan fingerprint density at radius 1 is 1.09 bits per heavy atom. The number of hydrogen-bond donors (Lipinski definition) is 1. The van der Waals surface area contributed by atoms with Gasteiger partial charge < -0.3 is 5.11 Å². The SMILES string of the molecule is CCC(C)CCCCC(C)O. The van der Waals surface area contributed by atoms with Crippen molar-refractivity contribution in [2.75, 3.05) is 0 Å². The Bertz CT molecular complexity index is 78.9. The summed E-state index contributed by atoms with van der Waals surface area (Å²) >= 11 is 0. The van der Waals surface area contributed by atoms with Gasteiger partial charge >= 0.3 is 0 Å². The smallest absolute Gasteiger partial charge is 0.0512 e. The summed E-state index contributed by atoms with van der Waals surface area (Å²) in [6.07, 6.45) is 5.93. The van der Waals surface area contributed by atoms with Gasteiger partial charge in [-0.15, -0.1) is 0 Å². The second-order valence-electron chi connectivity index (χ2n) is 3.65. The third-order valence-corrected chi connectivity index (χ3v) is 2.27. The highest BCUT2D eigenvalue weighted by Gasteiger charge is 1.99. The van der Waals surface area contributed by atoms with Crippen LogP contribution in [0.25, 0.3) is 0 Å². The molecule has 2 unspecified atom stereocenters. The van der Waals surface area contributed by atoms with E-state index in [9.17, 15) is 0 Å². The molecule has 0 aromatic carbocycles. The minimum absolute atomic E-state index is 0.105. The van der Waals surface area contributed by atoms with Crippen LogP contribution in [0.15, 0.2) is 0 Å². The summed E-state index contributed by atoms with van der Waals surface area (Å²) < 4.78 is 0. The van der Waals surface area contributed by atoms with Gasteiger partial charge in [0.1, 0.15) is 0 Å². The third-order valence-electron chi connectivity index (χ3n) is 2.27. The fourth-order valence-corrected chi connectivity index (χ4v) is 1.14. The van der Waals surface area contributed by atoms with Crippen molar-refractivity contribution in [2.45, 2.75) is 59.0 Å². The molecule has 0 aromatic heterocycles. The van der Waals surface area contributed by atoms with Crippen LogP contribution in [0.2, 0.25) is 0 Å². The summed E-state index contributed by atoms with van der Waals surface area (Å²) in [6, 6.07) is 0. The first kappa shape index (κ1) is 11.0. The van der Waals surface area contributed by atoms with E-state index in [-0.39, 0.29) is 6.10 Å². The predicted molar refractivity (Wildman–Crippen MR) is 49.6 cm³/mol. The van der Waals surface area contributed by atoms with Gasteiger partial charge in [0.2, 0.25) is 0 Å². The number of rotatable bonds is 6. The first-order valence-electron chi connectivity index (χ1n) is 4.84. The van der Waals surface area contributed by atoms with Crippen LogP contribution < -0.4 is 0 Å². The molecule has 1 heteroatoms. The van der Waals surface area contributed by atoms with E-state index in [0.717, 1.165) is 12.3 Å². The number of hydrogen-bond acceptors (Lipinski definition) is 1. The minimum atomic E-state index is -0.105. The van der Waals surface area contributed by atoms with Crippen LogP contribution in [0, 0.1) is 5.92 Å². The number of unbranched alkanes of at least 4 members (excludes halogenated alkanes) is 1. The topological polar surface area (TPSA) is 20.2 Å². The zero-order chi connectivity index (χ0) is 8.69. The molecule has 2 atom stereocenters. The van der Waals surface area contributed by atoms with Gasteiger partial charge in [-0.2, -0.15) is 0 Å². The lowest BCUT2D eigenvalue weighted by Gasteiger charge is -2.08. The van der Waals surface area contributed by atoms with Gasteiger partial charge in [-0.25, -0.2) is 0 Å². The van der Waals surface area contributed by atoms with E-state index >= 15 is 0 Å². The molecule has 1 nitrogen and oxygen atoms in total. The van der Waals surface area contributed by atoms with Crippen LogP contribution in [-0.2, 0) is 0 Å². The molecule has 0 saturated carbocycles. The van der Waals surface area contributed by atoms with E-state index in [1.54, 1.807) is 0 Å². The predicted octanol–water partition coefficient (Wildman–Crippen LogP) is 2.97. The summed E-state index contributed by atoms with van der Waals surface area (Å²) in [5.74, 6) is 0.865. The Balaban J connectivity index is 3.01. The van der Waals surface area contributed by atoms with Gasteiger partial charge in [-0.1, -0.05) is 39.5 Å². The molecule has 0 radical (unpaired) electrons. The molecule has 0 aromatic rings. The third kappa shape index (κ3) is 7.86. The monoisotopic (exact) mass is 158 g/mol. The van der Waals surface area contributed by atoms with Crippen molar-refractivity contribution in [2.24, 2.45) is 5.92 Å². The fraction of sp³-hybridized carbons (Fsp3) is 1.00. The van der Waals surface area contributed by atoms with Crippen molar-refractivity contribution in [3.63, 3.8) is 0 Å². The van der Waals surface area contributed by atoms with E-state index < -0.39 is 0 Å². The van der Waals surface area contributed by atoms with Gasteiger partial charge in [-0.3, -0.25) is 0 Å². The van der Waals surface area contributed by atoms with Crippen molar-refractivity contribution < 1.29 is 5.11 Å². The van der Waals surface area contributed by atoms with Gasteiger partial charge in [0, 0.05) is 0 Å². The van der Waals surface area contributed by atoms with Gasteiger partial charge in [0.25, 0.3) is 0 Å². The molecule has 0 aliphatic rings. The van der Waals surface area contributed by atoms with Gasteiger partial charge in [0.05, 0.1) is 6.10 Å². The molecule has 0 amide bonds. The molecule has 0 rings (SSSR count). The molecule has 0 aliphatic heterocycles. The van der Waals surface area contributed by atoms with Crippen LogP contribution in [0.1, 0.15) is 52.9 Å². The van der Waals surface area contributed by atoms with Gasteiger partial charge in [-0.05, 0) is 19.3 Å². The molecule has 0 spiro atoms.